The maximum atomic E-state index is 11.5. The molecular formula is C17H19NO2. The van der Waals surface area contributed by atoms with Gasteiger partial charge in [0.1, 0.15) is 0 Å². The van der Waals surface area contributed by atoms with E-state index in [1.807, 2.05) is 55.5 Å². The van der Waals surface area contributed by atoms with Gasteiger partial charge in [-0.05, 0) is 36.6 Å². The van der Waals surface area contributed by atoms with Crippen LogP contribution in [-0.2, 0) is 11.2 Å². The molecular weight excluding hydrogens is 250 g/mol. The van der Waals surface area contributed by atoms with E-state index >= 15 is 0 Å². The Morgan fingerprint density at radius 3 is 2.45 bits per heavy atom. The molecule has 2 N–H and O–H groups in total. The summed E-state index contributed by atoms with van der Waals surface area (Å²) in [5.74, 6) is -0.879. The number of aryl methyl sites for hydroxylation is 2. The molecule has 104 valence electrons. The maximum Gasteiger partial charge on any atom is 0.330 e. The average molecular weight is 269 g/mol. The summed E-state index contributed by atoms with van der Waals surface area (Å²) in [7, 11) is 0. The Bertz CT molecular complexity index is 590. The first-order valence-corrected chi connectivity index (χ1v) is 6.75. The minimum atomic E-state index is -0.879. The third kappa shape index (κ3) is 3.38. The molecule has 1 atom stereocenters. The molecule has 0 aliphatic carbocycles. The monoisotopic (exact) mass is 269 g/mol. The van der Waals surface area contributed by atoms with Gasteiger partial charge in [0, 0.05) is 5.69 Å². The van der Waals surface area contributed by atoms with Crippen LogP contribution >= 0.6 is 0 Å². The highest BCUT2D eigenvalue weighted by molar-refractivity contribution is 5.79. The molecule has 2 rings (SSSR count). The Balaban J connectivity index is 2.23. The van der Waals surface area contributed by atoms with Gasteiger partial charge in [-0.1, -0.05) is 48.9 Å². The van der Waals surface area contributed by atoms with Crippen LogP contribution in [0, 0.1) is 6.92 Å². The minimum Gasteiger partial charge on any atom is -0.479 e. The van der Waals surface area contributed by atoms with Crippen molar-refractivity contribution in [3.8, 4) is 0 Å². The van der Waals surface area contributed by atoms with Crippen molar-refractivity contribution in [2.75, 3.05) is 5.32 Å². The zero-order valence-electron chi connectivity index (χ0n) is 11.8. The van der Waals surface area contributed by atoms with Crippen LogP contribution in [0.5, 0.6) is 0 Å². The number of aliphatic carboxylic acids is 1. The molecule has 0 aliphatic heterocycles. The van der Waals surface area contributed by atoms with Crippen molar-refractivity contribution < 1.29 is 9.90 Å². The standard InChI is InChI=1S/C17H19NO2/c1-3-13-7-9-15(10-8-13)18-16(17(19)20)14-6-4-5-12(2)11-14/h4-11,16,18H,3H2,1-2H3,(H,19,20). The summed E-state index contributed by atoms with van der Waals surface area (Å²) < 4.78 is 0. The maximum absolute atomic E-state index is 11.5. The Morgan fingerprint density at radius 1 is 1.20 bits per heavy atom. The van der Waals surface area contributed by atoms with Crippen LogP contribution in [0.2, 0.25) is 0 Å². The van der Waals surface area contributed by atoms with Crippen LogP contribution in [0.4, 0.5) is 5.69 Å². The van der Waals surface area contributed by atoms with Crippen molar-refractivity contribution in [2.24, 2.45) is 0 Å². The van der Waals surface area contributed by atoms with Crippen LogP contribution in [-0.4, -0.2) is 11.1 Å². The van der Waals surface area contributed by atoms with Crippen LogP contribution in [0.25, 0.3) is 0 Å². The summed E-state index contributed by atoms with van der Waals surface area (Å²) in [6, 6.07) is 14.7. The van der Waals surface area contributed by atoms with Crippen molar-refractivity contribution in [3.05, 3.63) is 65.2 Å². The number of carboxylic acids is 1. The molecule has 1 unspecified atom stereocenters. The molecule has 0 radical (unpaired) electrons. The van der Waals surface area contributed by atoms with Crippen LogP contribution in [0.3, 0.4) is 0 Å². The summed E-state index contributed by atoms with van der Waals surface area (Å²) >= 11 is 0. The Morgan fingerprint density at radius 2 is 1.90 bits per heavy atom. The van der Waals surface area contributed by atoms with Crippen LogP contribution in [0.15, 0.2) is 48.5 Å². The number of carboxylic acid groups (broad SMARTS) is 1. The van der Waals surface area contributed by atoms with E-state index in [1.54, 1.807) is 0 Å². The number of anilines is 1. The second-order valence-electron chi connectivity index (χ2n) is 4.88. The highest BCUT2D eigenvalue weighted by Gasteiger charge is 2.19. The van der Waals surface area contributed by atoms with Crippen LogP contribution < -0.4 is 5.32 Å². The van der Waals surface area contributed by atoms with E-state index in [4.69, 9.17) is 0 Å². The molecule has 0 aromatic heterocycles. The fraction of sp³-hybridized carbons (Fsp3) is 0.235. The predicted molar refractivity (Wildman–Crippen MR) is 81.0 cm³/mol. The Kier molecular flexibility index (Phi) is 4.41. The second-order valence-corrected chi connectivity index (χ2v) is 4.88. The second kappa shape index (κ2) is 6.24. The summed E-state index contributed by atoms with van der Waals surface area (Å²) in [5.41, 5.74) is 3.86. The van der Waals surface area contributed by atoms with Gasteiger partial charge in [0.2, 0.25) is 0 Å². The minimum absolute atomic E-state index is 0.734. The molecule has 0 saturated carbocycles. The van der Waals surface area contributed by atoms with Crippen molar-refractivity contribution in [1.29, 1.82) is 0 Å². The van der Waals surface area contributed by atoms with E-state index < -0.39 is 12.0 Å². The van der Waals surface area contributed by atoms with Gasteiger partial charge in [-0.25, -0.2) is 4.79 Å². The first kappa shape index (κ1) is 14.1. The van der Waals surface area contributed by atoms with Gasteiger partial charge in [-0.2, -0.15) is 0 Å². The van der Waals surface area contributed by atoms with Crippen molar-refractivity contribution in [1.82, 2.24) is 0 Å². The zero-order chi connectivity index (χ0) is 14.5. The van der Waals surface area contributed by atoms with Crippen molar-refractivity contribution in [3.63, 3.8) is 0 Å². The molecule has 3 nitrogen and oxygen atoms in total. The first-order chi connectivity index (χ1) is 9.60. The van der Waals surface area contributed by atoms with E-state index in [2.05, 4.69) is 12.2 Å². The number of rotatable bonds is 5. The van der Waals surface area contributed by atoms with Crippen LogP contribution in [0.1, 0.15) is 29.7 Å². The first-order valence-electron chi connectivity index (χ1n) is 6.75. The van der Waals surface area contributed by atoms with E-state index in [9.17, 15) is 9.90 Å². The van der Waals surface area contributed by atoms with Crippen molar-refractivity contribution >= 4 is 11.7 Å². The van der Waals surface area contributed by atoms with Gasteiger partial charge >= 0.3 is 5.97 Å². The lowest BCUT2D eigenvalue weighted by molar-refractivity contribution is -0.138. The third-order valence-corrected chi connectivity index (χ3v) is 3.30. The lowest BCUT2D eigenvalue weighted by Gasteiger charge is -2.17. The van der Waals surface area contributed by atoms with E-state index in [1.165, 1.54) is 5.56 Å². The number of benzene rings is 2. The van der Waals surface area contributed by atoms with E-state index in [-0.39, 0.29) is 0 Å². The smallest absolute Gasteiger partial charge is 0.330 e. The van der Waals surface area contributed by atoms with E-state index in [0.717, 1.165) is 23.2 Å². The molecule has 0 spiro atoms. The molecule has 2 aromatic rings. The Hall–Kier alpha value is -2.29. The molecule has 0 fully saturated rings. The largest absolute Gasteiger partial charge is 0.479 e. The van der Waals surface area contributed by atoms with Gasteiger partial charge < -0.3 is 10.4 Å². The number of carbonyl (C=O) groups is 1. The number of nitrogens with one attached hydrogen (secondary N) is 1. The quantitative estimate of drug-likeness (QED) is 0.868. The third-order valence-electron chi connectivity index (χ3n) is 3.30. The lowest BCUT2D eigenvalue weighted by Crippen LogP contribution is -2.20. The summed E-state index contributed by atoms with van der Waals surface area (Å²) in [4.78, 5) is 11.5. The highest BCUT2D eigenvalue weighted by atomic mass is 16.4. The zero-order valence-corrected chi connectivity index (χ0v) is 11.8. The van der Waals surface area contributed by atoms with Gasteiger partial charge in [0.15, 0.2) is 6.04 Å². The molecule has 0 bridgehead atoms. The SMILES string of the molecule is CCc1ccc(NC(C(=O)O)c2cccc(C)c2)cc1. The molecule has 0 aliphatic rings. The van der Waals surface area contributed by atoms with Crippen molar-refractivity contribution in [2.45, 2.75) is 26.3 Å². The normalized spacial score (nSPS) is 11.9. The number of hydrogen-bond donors (Lipinski definition) is 2. The molecule has 3 heteroatoms. The van der Waals surface area contributed by atoms with Gasteiger partial charge in [0.05, 0.1) is 0 Å². The molecule has 20 heavy (non-hydrogen) atoms. The Labute approximate surface area is 119 Å². The van der Waals surface area contributed by atoms with Gasteiger partial charge in [-0.15, -0.1) is 0 Å². The topological polar surface area (TPSA) is 49.3 Å². The van der Waals surface area contributed by atoms with Gasteiger partial charge in [-0.3, -0.25) is 0 Å². The molecule has 0 saturated heterocycles. The fourth-order valence-corrected chi connectivity index (χ4v) is 2.14. The number of hydrogen-bond acceptors (Lipinski definition) is 2. The molecule has 0 amide bonds. The van der Waals surface area contributed by atoms with Gasteiger partial charge in [0.25, 0.3) is 0 Å². The highest BCUT2D eigenvalue weighted by Crippen LogP contribution is 2.21. The molecule has 2 aromatic carbocycles. The average Bonchev–Trinajstić information content (AvgIpc) is 2.45. The predicted octanol–water partition coefficient (Wildman–Crippen LogP) is 3.80. The fourth-order valence-electron chi connectivity index (χ4n) is 2.14. The van der Waals surface area contributed by atoms with E-state index in [0.29, 0.717) is 0 Å². The summed E-state index contributed by atoms with van der Waals surface area (Å²) in [6.07, 6.45) is 0.973. The summed E-state index contributed by atoms with van der Waals surface area (Å²) in [5, 5.41) is 12.5. The lowest BCUT2D eigenvalue weighted by atomic mass is 10.0. The molecule has 0 heterocycles. The summed E-state index contributed by atoms with van der Waals surface area (Å²) in [6.45, 7) is 4.05.